The first-order valence-corrected chi connectivity index (χ1v) is 11.5. The van der Waals surface area contributed by atoms with Crippen LogP contribution in [0.2, 0.25) is 0 Å². The fourth-order valence-corrected chi connectivity index (χ4v) is 4.53. The highest BCUT2D eigenvalue weighted by Crippen LogP contribution is 2.39. The third-order valence-electron chi connectivity index (χ3n) is 6.43. The Balaban J connectivity index is 1.66. The molecular weight excluding hydrogens is 475 g/mol. The Morgan fingerprint density at radius 1 is 1.11 bits per heavy atom. The maximum Gasteiger partial charge on any atom is 0.274 e. The molecule has 1 atom stereocenters. The first-order valence-electron chi connectivity index (χ1n) is 11.5. The van der Waals surface area contributed by atoms with Gasteiger partial charge in [0.2, 0.25) is 0 Å². The number of aromatic amines is 1. The van der Waals surface area contributed by atoms with E-state index < -0.39 is 30.3 Å². The molecule has 0 aliphatic carbocycles. The van der Waals surface area contributed by atoms with Crippen LogP contribution in [0.4, 0.5) is 10.1 Å². The number of hydrogen-bond acceptors (Lipinski definition) is 5. The van der Waals surface area contributed by atoms with Gasteiger partial charge < -0.3 is 26.2 Å². The van der Waals surface area contributed by atoms with Gasteiger partial charge in [0.1, 0.15) is 17.6 Å². The molecule has 3 aromatic carbocycles. The zero-order chi connectivity index (χ0) is 26.3. The highest BCUT2D eigenvalue weighted by Gasteiger charge is 2.20. The molecule has 1 unspecified atom stereocenters. The maximum atomic E-state index is 13.2. The number of halogens is 1. The number of carbonyl (C=O) groups is 2. The highest BCUT2D eigenvalue weighted by molar-refractivity contribution is 6.20. The Kier molecular flexibility index (Phi) is 6.16. The van der Waals surface area contributed by atoms with Gasteiger partial charge in [-0.15, -0.1) is 0 Å². The lowest BCUT2D eigenvalue weighted by atomic mass is 9.93. The second-order valence-corrected chi connectivity index (χ2v) is 8.70. The number of nitrogens with zero attached hydrogens (tertiary/aromatic N) is 1. The topological polar surface area (TPSA) is 141 Å². The number of nitrogens with two attached hydrogens (primary N) is 1. The largest absolute Gasteiger partial charge is 0.393 e. The van der Waals surface area contributed by atoms with Crippen LogP contribution in [0.5, 0.6) is 0 Å². The lowest BCUT2D eigenvalue weighted by Crippen LogP contribution is -2.14. The van der Waals surface area contributed by atoms with Crippen LogP contribution >= 0.6 is 0 Å². The van der Waals surface area contributed by atoms with Crippen molar-refractivity contribution in [2.75, 3.05) is 11.9 Å². The number of hydrogen-bond donors (Lipinski definition) is 5. The maximum absolute atomic E-state index is 13.2. The molecule has 0 radical (unpaired) electrons. The summed E-state index contributed by atoms with van der Waals surface area (Å²) in [7, 11) is 0. The number of rotatable bonds is 6. The third-order valence-corrected chi connectivity index (χ3v) is 6.43. The van der Waals surface area contributed by atoms with Gasteiger partial charge in [0.25, 0.3) is 11.8 Å². The van der Waals surface area contributed by atoms with Crippen LogP contribution in [-0.4, -0.2) is 38.6 Å². The van der Waals surface area contributed by atoms with Crippen LogP contribution in [0.25, 0.3) is 32.9 Å². The first kappa shape index (κ1) is 24.1. The Labute approximate surface area is 210 Å². The molecule has 5 rings (SSSR count). The number of anilines is 1. The molecule has 2 aromatic heterocycles. The van der Waals surface area contributed by atoms with Gasteiger partial charge in [0.05, 0.1) is 23.9 Å². The van der Waals surface area contributed by atoms with Gasteiger partial charge in [-0.1, -0.05) is 30.3 Å². The van der Waals surface area contributed by atoms with Crippen LogP contribution in [0, 0.1) is 12.7 Å². The summed E-state index contributed by atoms with van der Waals surface area (Å²) in [5.74, 6) is -1.60. The van der Waals surface area contributed by atoms with Crippen molar-refractivity contribution in [3.05, 3.63) is 95.1 Å². The van der Waals surface area contributed by atoms with Crippen LogP contribution in [0.15, 0.2) is 66.9 Å². The molecule has 0 aliphatic heterocycles. The van der Waals surface area contributed by atoms with Crippen molar-refractivity contribution in [3.8, 4) is 11.1 Å². The minimum absolute atomic E-state index is 0.0805. The Bertz CT molecular complexity index is 1680. The average Bonchev–Trinajstić information content (AvgIpc) is 3.28. The number of fused-ring (bicyclic) bond motifs is 3. The van der Waals surface area contributed by atoms with Crippen molar-refractivity contribution in [1.82, 2.24) is 9.97 Å². The second kappa shape index (κ2) is 9.45. The molecule has 9 heteroatoms. The van der Waals surface area contributed by atoms with E-state index in [9.17, 15) is 24.2 Å². The standard InChI is InChI=1S/C28H23FN4O4/c1-14-17(3-2-4-21(14)33-28(37)22-10-6-16(29)12-31-22)18-8-9-20(27(30)36)26-25(18)19-7-5-15(24(35)13-34)11-23(19)32-26/h2-12,24,32,34-35H,13H2,1H3,(H2,30,36)(H,33,37). The summed E-state index contributed by atoms with van der Waals surface area (Å²) in [5, 5.41) is 23.8. The number of carbonyl (C=O) groups excluding carboxylic acids is 2. The summed E-state index contributed by atoms with van der Waals surface area (Å²) in [6, 6.07) is 16.7. The first-order chi connectivity index (χ1) is 17.8. The van der Waals surface area contributed by atoms with Gasteiger partial charge in [-0.2, -0.15) is 0 Å². The molecule has 0 spiro atoms. The fourth-order valence-electron chi connectivity index (χ4n) is 4.53. The van der Waals surface area contributed by atoms with E-state index in [-0.39, 0.29) is 5.69 Å². The van der Waals surface area contributed by atoms with Crippen molar-refractivity contribution < 1.29 is 24.2 Å². The minimum Gasteiger partial charge on any atom is -0.393 e. The van der Waals surface area contributed by atoms with Gasteiger partial charge in [-0.05, 0) is 59.5 Å². The number of aromatic nitrogens is 2. The zero-order valence-corrected chi connectivity index (χ0v) is 19.7. The molecule has 0 saturated carbocycles. The van der Waals surface area contributed by atoms with E-state index >= 15 is 0 Å². The van der Waals surface area contributed by atoms with Crippen LogP contribution in [0.3, 0.4) is 0 Å². The summed E-state index contributed by atoms with van der Waals surface area (Å²) >= 11 is 0. The molecule has 0 aliphatic rings. The van der Waals surface area contributed by atoms with E-state index in [1.54, 1.807) is 30.3 Å². The monoisotopic (exact) mass is 498 g/mol. The highest BCUT2D eigenvalue weighted by atomic mass is 19.1. The minimum atomic E-state index is -1.04. The zero-order valence-electron chi connectivity index (χ0n) is 19.7. The fraction of sp³-hybridized carbons (Fsp3) is 0.107. The molecule has 2 amide bonds. The van der Waals surface area contributed by atoms with Crippen LogP contribution < -0.4 is 11.1 Å². The van der Waals surface area contributed by atoms with Crippen LogP contribution in [-0.2, 0) is 0 Å². The molecule has 0 saturated heterocycles. The van der Waals surface area contributed by atoms with Gasteiger partial charge in [-0.25, -0.2) is 9.37 Å². The number of primary amides is 1. The normalized spacial score (nSPS) is 12.1. The summed E-state index contributed by atoms with van der Waals surface area (Å²) in [6.45, 7) is 1.44. The van der Waals surface area contributed by atoms with Crippen molar-refractivity contribution in [2.45, 2.75) is 13.0 Å². The average molecular weight is 499 g/mol. The molecule has 37 heavy (non-hydrogen) atoms. The van der Waals surface area contributed by atoms with Crippen LogP contribution in [0.1, 0.15) is 38.1 Å². The lowest BCUT2D eigenvalue weighted by Gasteiger charge is -2.14. The van der Waals surface area contributed by atoms with Gasteiger partial charge in [0.15, 0.2) is 0 Å². The number of H-pyrrole nitrogens is 1. The summed E-state index contributed by atoms with van der Waals surface area (Å²) in [4.78, 5) is 32.0. The quantitative estimate of drug-likeness (QED) is 0.239. The van der Waals surface area contributed by atoms with E-state index in [1.807, 2.05) is 25.1 Å². The molecule has 2 heterocycles. The predicted octanol–water partition coefficient (Wildman–Crippen LogP) is 4.21. The van der Waals surface area contributed by atoms with Gasteiger partial charge in [-0.3, -0.25) is 9.59 Å². The SMILES string of the molecule is Cc1c(NC(=O)c2ccc(F)cn2)cccc1-c1ccc(C(N)=O)c2[nH]c3cc(C(O)CO)ccc3c12. The molecule has 5 aromatic rings. The Morgan fingerprint density at radius 2 is 1.92 bits per heavy atom. The number of amides is 2. The molecule has 6 N–H and O–H groups in total. The Morgan fingerprint density at radius 3 is 2.62 bits per heavy atom. The summed E-state index contributed by atoms with van der Waals surface area (Å²) < 4.78 is 13.2. The van der Waals surface area contributed by atoms with Crippen molar-refractivity contribution in [3.63, 3.8) is 0 Å². The van der Waals surface area contributed by atoms with Gasteiger partial charge in [0, 0.05) is 22.0 Å². The number of nitrogens with one attached hydrogen (secondary N) is 2. The molecule has 8 nitrogen and oxygen atoms in total. The molecule has 0 bridgehead atoms. The van der Waals surface area contributed by atoms with Crippen molar-refractivity contribution in [2.24, 2.45) is 5.73 Å². The smallest absolute Gasteiger partial charge is 0.274 e. The molecular formula is C28H23FN4O4. The van der Waals surface area contributed by atoms with E-state index in [2.05, 4.69) is 15.3 Å². The van der Waals surface area contributed by atoms with Crippen molar-refractivity contribution >= 4 is 39.3 Å². The number of aliphatic hydroxyl groups is 2. The third kappa shape index (κ3) is 4.31. The number of pyridine rings is 1. The van der Waals surface area contributed by atoms with Gasteiger partial charge >= 0.3 is 0 Å². The van der Waals surface area contributed by atoms with Crippen molar-refractivity contribution in [1.29, 1.82) is 0 Å². The Hall–Kier alpha value is -4.60. The van der Waals surface area contributed by atoms with E-state index in [4.69, 9.17) is 5.73 Å². The summed E-state index contributed by atoms with van der Waals surface area (Å²) in [5.41, 5.74) is 10.7. The molecule has 186 valence electrons. The summed E-state index contributed by atoms with van der Waals surface area (Å²) in [6.07, 6.45) is -0.0546. The number of aliphatic hydroxyl groups excluding tert-OH is 2. The predicted molar refractivity (Wildman–Crippen MR) is 139 cm³/mol. The van der Waals surface area contributed by atoms with E-state index in [1.165, 1.54) is 12.1 Å². The lowest BCUT2D eigenvalue weighted by molar-refractivity contribution is 0.0957. The molecule has 0 fully saturated rings. The van der Waals surface area contributed by atoms with E-state index in [0.717, 1.165) is 33.7 Å². The number of benzene rings is 3. The van der Waals surface area contributed by atoms with E-state index in [0.29, 0.717) is 27.8 Å². The second-order valence-electron chi connectivity index (χ2n) is 8.70.